The van der Waals surface area contributed by atoms with Gasteiger partial charge in [-0.2, -0.15) is 13.5 Å². The molecule has 0 radical (unpaired) electrons. The molecular weight excluding hydrogens is 378 g/mol. The van der Waals surface area contributed by atoms with Gasteiger partial charge in [0.15, 0.2) is 0 Å². The van der Waals surface area contributed by atoms with Gasteiger partial charge in [0, 0.05) is 25.1 Å². The lowest BCUT2D eigenvalue weighted by Gasteiger charge is -2.52. The van der Waals surface area contributed by atoms with Crippen molar-refractivity contribution in [3.8, 4) is 0 Å². The minimum Gasteiger partial charge on any atom is -0.444 e. The Labute approximate surface area is 167 Å². The second-order valence-corrected chi connectivity index (χ2v) is 10.4. The Balaban J connectivity index is 1.71. The molecular formula is C20H29N3O4S. The van der Waals surface area contributed by atoms with E-state index in [0.29, 0.717) is 19.4 Å². The van der Waals surface area contributed by atoms with E-state index in [-0.39, 0.29) is 16.5 Å². The second kappa shape index (κ2) is 7.39. The van der Waals surface area contributed by atoms with Crippen molar-refractivity contribution in [2.45, 2.75) is 75.8 Å². The van der Waals surface area contributed by atoms with E-state index in [1.807, 2.05) is 32.6 Å². The van der Waals surface area contributed by atoms with E-state index in [1.165, 1.54) is 0 Å². The average molecular weight is 408 g/mol. The number of likely N-dealkylation sites (tertiary alicyclic amines) is 1. The summed E-state index contributed by atoms with van der Waals surface area (Å²) in [5.41, 5.74) is 0.927. The van der Waals surface area contributed by atoms with E-state index in [2.05, 4.69) is 9.93 Å². The Bertz CT molecular complexity index is 866. The first-order valence-electron chi connectivity index (χ1n) is 9.65. The van der Waals surface area contributed by atoms with E-state index in [0.717, 1.165) is 30.5 Å². The number of aryl methyl sites for hydroxylation is 1. The lowest BCUT2D eigenvalue weighted by Crippen LogP contribution is -2.61. The molecule has 0 atom stereocenters. The Morgan fingerprint density at radius 2 is 1.86 bits per heavy atom. The number of rotatable bonds is 3. The number of piperidine rings is 1. The van der Waals surface area contributed by atoms with Gasteiger partial charge < -0.3 is 9.64 Å². The molecule has 1 saturated carbocycles. The molecule has 1 spiro atoms. The summed E-state index contributed by atoms with van der Waals surface area (Å²) in [5, 5.41) is 4.20. The topological polar surface area (TPSA) is 88.1 Å². The number of nitrogens with zero attached hydrogens (tertiary/aromatic N) is 2. The van der Waals surface area contributed by atoms with Crippen molar-refractivity contribution < 1.29 is 17.9 Å². The van der Waals surface area contributed by atoms with Crippen LogP contribution in [0.2, 0.25) is 0 Å². The van der Waals surface area contributed by atoms with Crippen molar-refractivity contribution in [3.63, 3.8) is 0 Å². The third-order valence-electron chi connectivity index (χ3n) is 5.28. The summed E-state index contributed by atoms with van der Waals surface area (Å²) >= 11 is 0. The fourth-order valence-electron chi connectivity index (χ4n) is 3.67. The predicted molar refractivity (Wildman–Crippen MR) is 108 cm³/mol. The minimum atomic E-state index is -3.70. The Kier molecular flexibility index (Phi) is 5.44. The number of amides is 1. The van der Waals surface area contributed by atoms with Crippen LogP contribution in [0.15, 0.2) is 34.3 Å². The summed E-state index contributed by atoms with van der Waals surface area (Å²) in [7, 11) is -3.70. The molecule has 1 aliphatic heterocycles. The molecule has 28 heavy (non-hydrogen) atoms. The molecule has 1 aromatic carbocycles. The van der Waals surface area contributed by atoms with Gasteiger partial charge in [-0.3, -0.25) is 0 Å². The largest absolute Gasteiger partial charge is 0.444 e. The SMILES string of the molecule is Cc1ccc(S(=O)(=O)NN=C2CCN(C(=O)OC(C)(C)C)C3(CCC3)C2)cc1. The average Bonchev–Trinajstić information content (AvgIpc) is 2.57. The zero-order chi connectivity index (χ0) is 20.6. The Morgan fingerprint density at radius 1 is 1.21 bits per heavy atom. The highest BCUT2D eigenvalue weighted by Gasteiger charge is 2.49. The standard InChI is InChI=1S/C20H29N3O4S/c1-15-6-8-17(9-7-15)28(25,26)22-21-16-10-13-23(18(24)27-19(2,3)4)20(14-16)11-5-12-20/h6-9,22H,5,10-14H2,1-4H3. The lowest BCUT2D eigenvalue weighted by molar-refractivity contribution is -0.0280. The number of ether oxygens (including phenoxy) is 1. The quantitative estimate of drug-likeness (QED) is 0.776. The van der Waals surface area contributed by atoms with Crippen LogP contribution in [0.4, 0.5) is 4.79 Å². The van der Waals surface area contributed by atoms with Crippen LogP contribution in [0, 0.1) is 6.92 Å². The van der Waals surface area contributed by atoms with Crippen molar-refractivity contribution in [3.05, 3.63) is 29.8 Å². The number of hydrogen-bond acceptors (Lipinski definition) is 5. The summed E-state index contributed by atoms with van der Waals surface area (Å²) in [4.78, 5) is 17.0. The molecule has 1 heterocycles. The van der Waals surface area contributed by atoms with Crippen LogP contribution < -0.4 is 4.83 Å². The van der Waals surface area contributed by atoms with Crippen LogP contribution in [0.25, 0.3) is 0 Å². The number of hydrazone groups is 1. The summed E-state index contributed by atoms with van der Waals surface area (Å²) in [6.45, 7) is 7.96. The molecule has 1 N–H and O–H groups in total. The molecule has 1 aromatic rings. The number of benzene rings is 1. The van der Waals surface area contributed by atoms with E-state index in [4.69, 9.17) is 4.74 Å². The summed E-state index contributed by atoms with van der Waals surface area (Å²) in [5.74, 6) is 0. The first kappa shape index (κ1) is 20.6. The zero-order valence-corrected chi connectivity index (χ0v) is 17.8. The smallest absolute Gasteiger partial charge is 0.410 e. The fourth-order valence-corrected chi connectivity index (χ4v) is 4.51. The van der Waals surface area contributed by atoms with Gasteiger partial charge in [0.25, 0.3) is 10.0 Å². The number of carbonyl (C=O) groups is 1. The number of carbonyl (C=O) groups excluding carboxylic acids is 1. The zero-order valence-electron chi connectivity index (χ0n) is 17.0. The first-order valence-corrected chi connectivity index (χ1v) is 11.1. The molecule has 1 amide bonds. The Hall–Kier alpha value is -2.09. The van der Waals surface area contributed by atoms with Gasteiger partial charge in [0.1, 0.15) is 5.60 Å². The number of nitrogens with one attached hydrogen (secondary N) is 1. The maximum atomic E-state index is 12.6. The summed E-state index contributed by atoms with van der Waals surface area (Å²) < 4.78 is 30.5. The molecule has 0 unspecified atom stereocenters. The van der Waals surface area contributed by atoms with Crippen molar-refractivity contribution in [2.75, 3.05) is 6.54 Å². The van der Waals surface area contributed by atoms with Gasteiger partial charge in [-0.15, -0.1) is 0 Å². The maximum Gasteiger partial charge on any atom is 0.410 e. The van der Waals surface area contributed by atoms with E-state index < -0.39 is 15.6 Å². The van der Waals surface area contributed by atoms with Gasteiger partial charge in [-0.05, 0) is 59.1 Å². The van der Waals surface area contributed by atoms with Crippen LogP contribution in [-0.2, 0) is 14.8 Å². The van der Waals surface area contributed by atoms with Gasteiger partial charge >= 0.3 is 6.09 Å². The van der Waals surface area contributed by atoms with Crippen molar-refractivity contribution in [2.24, 2.45) is 5.10 Å². The second-order valence-electron chi connectivity index (χ2n) is 8.72. The molecule has 154 valence electrons. The molecule has 2 fully saturated rings. The molecule has 2 aliphatic rings. The van der Waals surface area contributed by atoms with E-state index in [9.17, 15) is 13.2 Å². The van der Waals surface area contributed by atoms with Gasteiger partial charge in [-0.25, -0.2) is 9.63 Å². The van der Waals surface area contributed by atoms with Crippen molar-refractivity contribution >= 4 is 21.8 Å². The normalized spacial score (nSPS) is 20.7. The molecule has 0 aromatic heterocycles. The number of hydrogen-bond donors (Lipinski definition) is 1. The number of sulfonamides is 1. The first-order chi connectivity index (χ1) is 13.0. The molecule has 1 aliphatic carbocycles. The molecule has 3 rings (SSSR count). The van der Waals surface area contributed by atoms with Crippen LogP contribution in [0.1, 0.15) is 58.4 Å². The van der Waals surface area contributed by atoms with Gasteiger partial charge in [0.2, 0.25) is 0 Å². The maximum absolute atomic E-state index is 12.6. The highest BCUT2D eigenvalue weighted by molar-refractivity contribution is 7.89. The highest BCUT2D eigenvalue weighted by atomic mass is 32.2. The monoisotopic (exact) mass is 407 g/mol. The van der Waals surface area contributed by atoms with Crippen molar-refractivity contribution in [1.29, 1.82) is 0 Å². The lowest BCUT2D eigenvalue weighted by atomic mass is 9.70. The minimum absolute atomic E-state index is 0.187. The van der Waals surface area contributed by atoms with Crippen LogP contribution in [0.5, 0.6) is 0 Å². The van der Waals surface area contributed by atoms with Crippen LogP contribution in [0.3, 0.4) is 0 Å². The van der Waals surface area contributed by atoms with Crippen molar-refractivity contribution in [1.82, 2.24) is 9.73 Å². The van der Waals surface area contributed by atoms with Gasteiger partial charge in [0.05, 0.1) is 10.4 Å². The molecule has 0 bridgehead atoms. The van der Waals surface area contributed by atoms with Gasteiger partial charge in [-0.1, -0.05) is 17.7 Å². The Morgan fingerprint density at radius 3 is 2.39 bits per heavy atom. The highest BCUT2D eigenvalue weighted by Crippen LogP contribution is 2.44. The third kappa shape index (κ3) is 4.48. The molecule has 7 nitrogen and oxygen atoms in total. The van der Waals surface area contributed by atoms with Crippen LogP contribution >= 0.6 is 0 Å². The molecule has 1 saturated heterocycles. The summed E-state index contributed by atoms with van der Waals surface area (Å²) in [6, 6.07) is 6.64. The van der Waals surface area contributed by atoms with Crippen LogP contribution in [-0.4, -0.2) is 42.8 Å². The van der Waals surface area contributed by atoms with E-state index in [1.54, 1.807) is 24.3 Å². The third-order valence-corrected chi connectivity index (χ3v) is 6.51. The predicted octanol–water partition coefficient (Wildman–Crippen LogP) is 3.58. The fraction of sp³-hybridized carbons (Fsp3) is 0.600. The molecule has 8 heteroatoms. The van der Waals surface area contributed by atoms with E-state index >= 15 is 0 Å². The summed E-state index contributed by atoms with van der Waals surface area (Å²) in [6.07, 6.45) is 3.61.